The Kier molecular flexibility index (Phi) is 4.51. The fourth-order valence-corrected chi connectivity index (χ4v) is 3.44. The van der Waals surface area contributed by atoms with Crippen molar-refractivity contribution in [2.24, 2.45) is 0 Å². The average Bonchev–Trinajstić information content (AvgIpc) is 2.51. The van der Waals surface area contributed by atoms with Gasteiger partial charge in [-0.25, -0.2) is 0 Å². The van der Waals surface area contributed by atoms with E-state index in [0.717, 1.165) is 0 Å². The predicted octanol–water partition coefficient (Wildman–Crippen LogP) is 7.77. The summed E-state index contributed by atoms with van der Waals surface area (Å²) in [5.74, 6) is 0. The highest BCUT2D eigenvalue weighted by Crippen LogP contribution is 2.31. The summed E-state index contributed by atoms with van der Waals surface area (Å²) in [6.07, 6.45) is 0. The Balaban J connectivity index is 2.45. The van der Waals surface area contributed by atoms with Crippen molar-refractivity contribution >= 4 is 21.5 Å². The number of hydrogen-bond acceptors (Lipinski definition) is 0. The second kappa shape index (κ2) is 6.27. The first kappa shape index (κ1) is 18.7. The molecule has 0 unspecified atom stereocenters. The van der Waals surface area contributed by atoms with Crippen LogP contribution in [-0.2, 0) is 10.8 Å². The zero-order valence-electron chi connectivity index (χ0n) is 17.6. The van der Waals surface area contributed by atoms with Gasteiger partial charge >= 0.3 is 0 Å². The molecule has 0 fully saturated rings. The molecule has 0 radical (unpaired) electrons. The van der Waals surface area contributed by atoms with E-state index in [4.69, 9.17) is 0 Å². The molecule has 0 aliphatic heterocycles. The molecule has 0 aliphatic rings. The SMILES string of the molecule is Cc1c2ccc3cc(C(C)(C)C)cc(ccc1cc(C(C)(C)C)c2)c3C. The second-order valence-corrected chi connectivity index (χ2v) is 9.73. The minimum Gasteiger partial charge on any atom is -0.0561 e. The summed E-state index contributed by atoms with van der Waals surface area (Å²) in [5.41, 5.74) is 5.77. The zero-order valence-corrected chi connectivity index (χ0v) is 17.6. The molecule has 0 saturated heterocycles. The Morgan fingerprint density at radius 2 is 0.692 bits per heavy atom. The third-order valence-corrected chi connectivity index (χ3v) is 5.59. The molecular formula is C26H32. The van der Waals surface area contributed by atoms with E-state index in [1.165, 1.54) is 43.8 Å². The summed E-state index contributed by atoms with van der Waals surface area (Å²) in [6, 6.07) is 18.6. The number of rotatable bonds is 0. The standard InChI is InChI=1S/C26H32/c1-17-19-9-11-21-15-24(26(6,7)8)16-22(18(21)2)12-10-20(17)14-23(13-19)25(3,4)5/h9-16H,1-8H3. The highest BCUT2D eigenvalue weighted by Gasteiger charge is 2.16. The van der Waals surface area contributed by atoms with Crippen molar-refractivity contribution in [1.29, 1.82) is 0 Å². The van der Waals surface area contributed by atoms with E-state index < -0.39 is 0 Å². The highest BCUT2D eigenvalue weighted by atomic mass is 14.2. The summed E-state index contributed by atoms with van der Waals surface area (Å²) >= 11 is 0. The molecule has 4 bridgehead atoms. The summed E-state index contributed by atoms with van der Waals surface area (Å²) < 4.78 is 0. The second-order valence-electron chi connectivity index (χ2n) is 9.73. The zero-order chi connectivity index (χ0) is 19.3. The monoisotopic (exact) mass is 344 g/mol. The van der Waals surface area contributed by atoms with Crippen LogP contribution in [-0.4, -0.2) is 0 Å². The van der Waals surface area contributed by atoms with E-state index in [2.05, 4.69) is 104 Å². The lowest BCUT2D eigenvalue weighted by molar-refractivity contribution is 0.591. The van der Waals surface area contributed by atoms with Crippen LogP contribution < -0.4 is 0 Å². The van der Waals surface area contributed by atoms with Crippen molar-refractivity contribution < 1.29 is 0 Å². The largest absolute Gasteiger partial charge is 0.0561 e. The number of benzene rings is 2. The van der Waals surface area contributed by atoms with Crippen molar-refractivity contribution in [1.82, 2.24) is 0 Å². The van der Waals surface area contributed by atoms with Gasteiger partial charge in [-0.1, -0.05) is 90.1 Å². The van der Waals surface area contributed by atoms with Crippen molar-refractivity contribution in [3.05, 3.63) is 70.8 Å². The van der Waals surface area contributed by atoms with E-state index >= 15 is 0 Å². The molecule has 3 aromatic rings. The maximum absolute atomic E-state index is 2.36. The van der Waals surface area contributed by atoms with Crippen molar-refractivity contribution in [2.45, 2.75) is 66.2 Å². The van der Waals surface area contributed by atoms with Crippen LogP contribution in [0, 0.1) is 13.8 Å². The van der Waals surface area contributed by atoms with E-state index in [9.17, 15) is 0 Å². The lowest BCUT2D eigenvalue weighted by atomic mass is 9.84. The molecule has 26 heavy (non-hydrogen) atoms. The van der Waals surface area contributed by atoms with Gasteiger partial charge in [0.05, 0.1) is 0 Å². The van der Waals surface area contributed by atoms with Gasteiger partial charge in [0.15, 0.2) is 0 Å². The van der Waals surface area contributed by atoms with Gasteiger partial charge in [-0.05, 0) is 68.5 Å². The number of fused-ring (bicyclic) bond motifs is 4. The third kappa shape index (κ3) is 3.56. The molecule has 0 aromatic heterocycles. The van der Waals surface area contributed by atoms with Crippen LogP contribution in [0.2, 0.25) is 0 Å². The molecule has 0 spiro atoms. The molecule has 136 valence electrons. The summed E-state index contributed by atoms with van der Waals surface area (Å²) in [7, 11) is 0. The van der Waals surface area contributed by atoms with Crippen molar-refractivity contribution in [3.8, 4) is 0 Å². The summed E-state index contributed by atoms with van der Waals surface area (Å²) in [6.45, 7) is 18.2. The third-order valence-electron chi connectivity index (χ3n) is 5.59. The molecule has 0 aliphatic carbocycles. The fraction of sp³-hybridized carbons (Fsp3) is 0.385. The van der Waals surface area contributed by atoms with Crippen LogP contribution in [0.3, 0.4) is 0 Å². The van der Waals surface area contributed by atoms with Crippen molar-refractivity contribution in [3.63, 3.8) is 0 Å². The number of aryl methyl sites for hydroxylation is 2. The average molecular weight is 345 g/mol. The Labute approximate surface area is 158 Å². The van der Waals surface area contributed by atoms with Gasteiger partial charge in [-0.15, -0.1) is 0 Å². The Morgan fingerprint density at radius 3 is 0.885 bits per heavy atom. The molecule has 0 nitrogen and oxygen atoms in total. The van der Waals surface area contributed by atoms with Crippen LogP contribution in [0.4, 0.5) is 0 Å². The molecule has 0 atom stereocenters. The minimum atomic E-state index is 0.145. The van der Waals surface area contributed by atoms with Crippen LogP contribution in [0.15, 0.2) is 48.5 Å². The van der Waals surface area contributed by atoms with E-state index in [1.54, 1.807) is 0 Å². The molecule has 0 heteroatoms. The maximum Gasteiger partial charge on any atom is -0.0131 e. The van der Waals surface area contributed by atoms with Gasteiger partial charge in [0, 0.05) is 0 Å². The summed E-state index contributed by atoms with van der Waals surface area (Å²) in [4.78, 5) is 0. The highest BCUT2D eigenvalue weighted by molar-refractivity contribution is 5.82. The first-order chi connectivity index (χ1) is 12.0. The molecule has 0 heterocycles. The molecule has 0 N–H and O–H groups in total. The lowest BCUT2D eigenvalue weighted by Gasteiger charge is -2.21. The van der Waals surface area contributed by atoms with Crippen LogP contribution in [0.25, 0.3) is 21.5 Å². The van der Waals surface area contributed by atoms with Gasteiger partial charge in [0.1, 0.15) is 0 Å². The molecule has 3 rings (SSSR count). The molecular weight excluding hydrogens is 312 g/mol. The lowest BCUT2D eigenvalue weighted by Crippen LogP contribution is -2.11. The van der Waals surface area contributed by atoms with Crippen molar-refractivity contribution in [2.75, 3.05) is 0 Å². The Morgan fingerprint density at radius 1 is 0.462 bits per heavy atom. The first-order valence-corrected chi connectivity index (χ1v) is 9.63. The summed E-state index contributed by atoms with van der Waals surface area (Å²) in [5, 5.41) is 5.28. The van der Waals surface area contributed by atoms with E-state index in [0.29, 0.717) is 0 Å². The molecule has 0 amide bonds. The van der Waals surface area contributed by atoms with Gasteiger partial charge in [-0.2, -0.15) is 0 Å². The molecule has 3 aromatic carbocycles. The fourth-order valence-electron chi connectivity index (χ4n) is 3.44. The minimum absolute atomic E-state index is 0.145. The van der Waals surface area contributed by atoms with E-state index in [1.807, 2.05) is 0 Å². The Hall–Kier alpha value is -2.08. The topological polar surface area (TPSA) is 0 Å². The maximum atomic E-state index is 2.36. The Bertz CT molecular complexity index is 858. The van der Waals surface area contributed by atoms with Crippen LogP contribution >= 0.6 is 0 Å². The first-order valence-electron chi connectivity index (χ1n) is 9.63. The van der Waals surface area contributed by atoms with Gasteiger partial charge < -0.3 is 0 Å². The van der Waals surface area contributed by atoms with Gasteiger partial charge in [0.25, 0.3) is 0 Å². The smallest absolute Gasteiger partial charge is 0.0131 e. The quantitative estimate of drug-likeness (QED) is 0.391. The number of hydrogen-bond donors (Lipinski definition) is 0. The van der Waals surface area contributed by atoms with Gasteiger partial charge in [-0.3, -0.25) is 0 Å². The normalized spacial score (nSPS) is 12.6. The predicted molar refractivity (Wildman–Crippen MR) is 117 cm³/mol. The van der Waals surface area contributed by atoms with Gasteiger partial charge in [0.2, 0.25) is 0 Å². The molecule has 0 saturated carbocycles. The van der Waals surface area contributed by atoms with Crippen LogP contribution in [0.1, 0.15) is 63.8 Å². The van der Waals surface area contributed by atoms with Crippen LogP contribution in [0.5, 0.6) is 0 Å². The van der Waals surface area contributed by atoms with E-state index in [-0.39, 0.29) is 10.8 Å².